The molecular formula is C32H35N3O6. The van der Waals surface area contributed by atoms with Crippen molar-refractivity contribution in [2.45, 2.75) is 81.6 Å². The van der Waals surface area contributed by atoms with Crippen LogP contribution in [-0.2, 0) is 16.6 Å². The van der Waals surface area contributed by atoms with Crippen LogP contribution in [-0.4, -0.2) is 74.8 Å². The van der Waals surface area contributed by atoms with Gasteiger partial charge in [-0.2, -0.15) is 0 Å². The van der Waals surface area contributed by atoms with Gasteiger partial charge in [0, 0.05) is 42.2 Å². The van der Waals surface area contributed by atoms with Gasteiger partial charge in [0.1, 0.15) is 6.10 Å². The maximum absolute atomic E-state index is 13.4. The Labute approximate surface area is 239 Å². The number of carbonyl (C=O) groups is 1. The van der Waals surface area contributed by atoms with Crippen molar-refractivity contribution < 1.29 is 24.7 Å². The standard InChI is InChI=1S/C32H35N3O6/c1-18-4-5-20(14-19(18)2)8-9-27(37)33(3)23-10-11-32(38)26-15-22-24(35(39)40)16-25(36)29-28(22)31(32,30(23)41-29)12-13-34(26)17-21-6-7-21/h4-5,14,16,21,23,26,30,36,38H,6-7,10-13,15,17H2,1-3H3/t23-,26-,30+,31+,32-/m1/s1. The molecule has 2 aromatic rings. The number of ether oxygens (including phenoxy) is 1. The summed E-state index contributed by atoms with van der Waals surface area (Å²) in [6.45, 7) is 5.63. The molecule has 7 rings (SSSR count). The molecular weight excluding hydrogens is 522 g/mol. The molecule has 2 aromatic carbocycles. The molecule has 9 heteroatoms. The number of aliphatic hydroxyl groups is 1. The first-order valence-corrected chi connectivity index (χ1v) is 14.6. The van der Waals surface area contributed by atoms with Crippen LogP contribution in [0.1, 0.15) is 59.9 Å². The summed E-state index contributed by atoms with van der Waals surface area (Å²) in [5.41, 5.74) is 1.84. The van der Waals surface area contributed by atoms with Crippen LogP contribution in [0, 0.1) is 41.7 Å². The Hall–Kier alpha value is -3.61. The quantitative estimate of drug-likeness (QED) is 0.336. The Morgan fingerprint density at radius 1 is 1.22 bits per heavy atom. The number of phenolic OH excluding ortho intramolecular Hbond substituents is 1. The zero-order chi connectivity index (χ0) is 28.8. The molecule has 41 heavy (non-hydrogen) atoms. The summed E-state index contributed by atoms with van der Waals surface area (Å²) >= 11 is 0. The topological polar surface area (TPSA) is 116 Å². The largest absolute Gasteiger partial charge is 0.504 e. The van der Waals surface area contributed by atoms with Gasteiger partial charge >= 0.3 is 0 Å². The number of piperidine rings is 1. The van der Waals surface area contributed by atoms with Crippen molar-refractivity contribution in [1.29, 1.82) is 0 Å². The molecule has 0 radical (unpaired) electrons. The van der Waals surface area contributed by atoms with E-state index in [9.17, 15) is 25.1 Å². The fourth-order valence-corrected chi connectivity index (χ4v) is 8.27. The second-order valence-electron chi connectivity index (χ2n) is 12.8. The highest BCUT2D eigenvalue weighted by Gasteiger charge is 2.74. The smallest absolute Gasteiger partial charge is 0.298 e. The molecule has 2 N–H and O–H groups in total. The van der Waals surface area contributed by atoms with Gasteiger partial charge in [0.2, 0.25) is 0 Å². The number of amides is 1. The lowest BCUT2D eigenvalue weighted by Gasteiger charge is -2.64. The van der Waals surface area contributed by atoms with E-state index in [0.29, 0.717) is 42.7 Å². The van der Waals surface area contributed by atoms with Crippen molar-refractivity contribution in [3.8, 4) is 23.3 Å². The van der Waals surface area contributed by atoms with Crippen LogP contribution in [0.5, 0.6) is 11.5 Å². The molecule has 1 spiro atoms. The maximum Gasteiger partial charge on any atom is 0.298 e. The third-order valence-electron chi connectivity index (χ3n) is 10.7. The monoisotopic (exact) mass is 557 g/mol. The van der Waals surface area contributed by atoms with E-state index in [1.54, 1.807) is 11.9 Å². The van der Waals surface area contributed by atoms with Crippen LogP contribution in [0.4, 0.5) is 5.69 Å². The van der Waals surface area contributed by atoms with Crippen molar-refractivity contribution in [2.75, 3.05) is 20.1 Å². The van der Waals surface area contributed by atoms with E-state index in [-0.39, 0.29) is 29.1 Å². The van der Waals surface area contributed by atoms with Crippen LogP contribution >= 0.6 is 0 Å². The molecule has 5 atom stereocenters. The molecule has 2 aliphatic heterocycles. The number of rotatable bonds is 4. The Bertz CT molecular complexity index is 1560. The molecule has 2 heterocycles. The van der Waals surface area contributed by atoms with Gasteiger partial charge in [0.05, 0.1) is 28.0 Å². The summed E-state index contributed by atoms with van der Waals surface area (Å²) in [5, 5.41) is 35.8. The number of aromatic hydroxyl groups is 1. The number of likely N-dealkylation sites (tertiary alicyclic amines) is 1. The van der Waals surface area contributed by atoms with Gasteiger partial charge in [-0.3, -0.25) is 19.8 Å². The summed E-state index contributed by atoms with van der Waals surface area (Å²) in [7, 11) is 1.71. The number of hydrogen-bond donors (Lipinski definition) is 2. The highest BCUT2D eigenvalue weighted by molar-refractivity contribution is 5.94. The SMILES string of the molecule is Cc1ccc(C#CC(=O)N(C)[C@@H]2CC[C@@]3(O)[C@H]4Cc5c([N+](=O)[O-])cc(O)c6c5[C@@]3(CCN4CC3CC3)[C@H]2O6)cc1C. The minimum absolute atomic E-state index is 0.129. The molecule has 9 nitrogen and oxygen atoms in total. The number of aryl methyl sites for hydroxylation is 2. The number of hydrogen-bond acceptors (Lipinski definition) is 7. The highest BCUT2D eigenvalue weighted by Crippen LogP contribution is 2.67. The van der Waals surface area contributed by atoms with E-state index in [1.165, 1.54) is 18.9 Å². The van der Waals surface area contributed by atoms with Gasteiger partial charge in [-0.05, 0) is 88.1 Å². The predicted molar refractivity (Wildman–Crippen MR) is 151 cm³/mol. The summed E-state index contributed by atoms with van der Waals surface area (Å²) in [6, 6.07) is 6.30. The lowest BCUT2D eigenvalue weighted by molar-refractivity contribution is -0.386. The Morgan fingerprint density at radius 3 is 2.71 bits per heavy atom. The Balaban J connectivity index is 1.29. The first kappa shape index (κ1) is 26.3. The molecule has 1 amide bonds. The van der Waals surface area contributed by atoms with Crippen molar-refractivity contribution in [3.05, 3.63) is 62.2 Å². The first-order chi connectivity index (χ1) is 19.5. The van der Waals surface area contributed by atoms with Gasteiger partial charge in [-0.1, -0.05) is 12.0 Å². The number of phenols is 1. The number of carbonyl (C=O) groups excluding carboxylic acids is 1. The van der Waals surface area contributed by atoms with Gasteiger partial charge < -0.3 is 19.8 Å². The van der Waals surface area contributed by atoms with Gasteiger partial charge in [0.25, 0.3) is 11.6 Å². The van der Waals surface area contributed by atoms with Crippen molar-refractivity contribution >= 4 is 11.6 Å². The van der Waals surface area contributed by atoms with Crippen molar-refractivity contribution in [2.24, 2.45) is 5.92 Å². The lowest BCUT2D eigenvalue weighted by atomic mass is 9.48. The van der Waals surface area contributed by atoms with E-state index in [2.05, 4.69) is 16.7 Å². The number of nitrogens with zero attached hydrogens (tertiary/aromatic N) is 3. The zero-order valence-corrected chi connectivity index (χ0v) is 23.6. The minimum Gasteiger partial charge on any atom is -0.504 e. The molecule has 5 aliphatic rings. The molecule has 214 valence electrons. The summed E-state index contributed by atoms with van der Waals surface area (Å²) in [4.78, 5) is 29.1. The van der Waals surface area contributed by atoms with Crippen LogP contribution in [0.3, 0.4) is 0 Å². The van der Waals surface area contributed by atoms with E-state index in [0.717, 1.165) is 29.8 Å². The van der Waals surface area contributed by atoms with Gasteiger partial charge in [-0.25, -0.2) is 0 Å². The maximum atomic E-state index is 13.4. The molecule has 0 unspecified atom stereocenters. The Morgan fingerprint density at radius 2 is 2.00 bits per heavy atom. The molecule has 3 aliphatic carbocycles. The zero-order valence-electron chi connectivity index (χ0n) is 23.6. The Kier molecular flexibility index (Phi) is 5.74. The minimum atomic E-state index is -1.20. The van der Waals surface area contributed by atoms with Crippen molar-refractivity contribution in [3.63, 3.8) is 0 Å². The first-order valence-electron chi connectivity index (χ1n) is 14.6. The second-order valence-corrected chi connectivity index (χ2v) is 12.8. The van der Waals surface area contributed by atoms with Crippen LogP contribution < -0.4 is 4.74 Å². The number of nitro groups is 1. The summed E-state index contributed by atoms with van der Waals surface area (Å²) < 4.78 is 6.52. The third kappa shape index (κ3) is 3.66. The van der Waals surface area contributed by atoms with Gasteiger partial charge in [-0.15, -0.1) is 0 Å². The summed E-state index contributed by atoms with van der Waals surface area (Å²) in [5.74, 6) is 5.95. The molecule has 2 saturated carbocycles. The van der Waals surface area contributed by atoms with Crippen LogP contribution in [0.25, 0.3) is 0 Å². The van der Waals surface area contributed by atoms with E-state index >= 15 is 0 Å². The lowest BCUT2D eigenvalue weighted by Crippen LogP contribution is -2.78. The number of benzene rings is 2. The van der Waals surface area contributed by atoms with E-state index < -0.39 is 28.1 Å². The molecule has 3 fully saturated rings. The fourth-order valence-electron chi connectivity index (χ4n) is 8.27. The normalized spacial score (nSPS) is 31.0. The average Bonchev–Trinajstić information content (AvgIpc) is 3.68. The van der Waals surface area contributed by atoms with Crippen molar-refractivity contribution in [1.82, 2.24) is 9.80 Å². The van der Waals surface area contributed by atoms with E-state index in [1.807, 2.05) is 32.0 Å². The summed E-state index contributed by atoms with van der Waals surface area (Å²) in [6.07, 6.45) is 3.47. The highest BCUT2D eigenvalue weighted by atomic mass is 16.6. The van der Waals surface area contributed by atoms with E-state index in [4.69, 9.17) is 4.74 Å². The third-order valence-corrected chi connectivity index (χ3v) is 10.7. The molecule has 0 aromatic heterocycles. The molecule has 1 saturated heterocycles. The fraction of sp³-hybridized carbons (Fsp3) is 0.531. The number of nitro benzene ring substituents is 1. The average molecular weight is 558 g/mol. The molecule has 2 bridgehead atoms. The van der Waals surface area contributed by atoms with Gasteiger partial charge in [0.15, 0.2) is 11.5 Å². The second kappa shape index (κ2) is 8.94. The van der Waals surface area contributed by atoms with Crippen LogP contribution in [0.2, 0.25) is 0 Å². The van der Waals surface area contributed by atoms with Crippen LogP contribution in [0.15, 0.2) is 24.3 Å². The predicted octanol–water partition coefficient (Wildman–Crippen LogP) is 3.36. The number of likely N-dealkylation sites (N-methyl/N-ethyl adjacent to an activating group) is 1.